The van der Waals surface area contributed by atoms with Crippen LogP contribution in [0, 0.1) is 11.3 Å². The molecule has 0 radical (unpaired) electrons. The molecule has 1 aromatic heterocycles. The average Bonchev–Trinajstić information content (AvgIpc) is 3.09. The van der Waals surface area contributed by atoms with E-state index < -0.39 is 17.3 Å². The van der Waals surface area contributed by atoms with Crippen LogP contribution in [0.2, 0.25) is 0 Å². The van der Waals surface area contributed by atoms with Gasteiger partial charge in [0.05, 0.1) is 24.1 Å². The van der Waals surface area contributed by atoms with Crippen LogP contribution in [0.1, 0.15) is 32.4 Å². The Kier molecular flexibility index (Phi) is 5.08. The summed E-state index contributed by atoms with van der Waals surface area (Å²) in [5.41, 5.74) is -0.885. The highest BCUT2D eigenvalue weighted by molar-refractivity contribution is 5.89. The molecule has 7 heteroatoms. The minimum Gasteiger partial charge on any atom is -0.481 e. The van der Waals surface area contributed by atoms with Crippen molar-refractivity contribution in [2.24, 2.45) is 11.3 Å². The predicted molar refractivity (Wildman–Crippen MR) is 81.3 cm³/mol. The second kappa shape index (κ2) is 6.85. The van der Waals surface area contributed by atoms with E-state index in [-0.39, 0.29) is 24.8 Å². The molecule has 126 valence electrons. The zero-order chi connectivity index (χ0) is 17.0. The van der Waals surface area contributed by atoms with Gasteiger partial charge < -0.3 is 19.7 Å². The van der Waals surface area contributed by atoms with Crippen LogP contribution in [0.25, 0.3) is 0 Å². The van der Waals surface area contributed by atoms with Crippen LogP contribution < -0.4 is 5.32 Å². The van der Waals surface area contributed by atoms with Gasteiger partial charge in [0.25, 0.3) is 0 Å². The Hall–Kier alpha value is -2.31. The highest BCUT2D eigenvalue weighted by Crippen LogP contribution is 2.22. The van der Waals surface area contributed by atoms with Crippen molar-refractivity contribution in [3.63, 3.8) is 0 Å². The van der Waals surface area contributed by atoms with E-state index in [4.69, 9.17) is 9.52 Å². The van der Waals surface area contributed by atoms with Crippen LogP contribution in [0.3, 0.4) is 0 Å². The van der Waals surface area contributed by atoms with Gasteiger partial charge in [-0.25, -0.2) is 0 Å². The minimum atomic E-state index is -0.896. The quantitative estimate of drug-likeness (QED) is 0.787. The van der Waals surface area contributed by atoms with Crippen LogP contribution in [-0.4, -0.2) is 40.9 Å². The monoisotopic (exact) mass is 322 g/mol. The molecular weight excluding hydrogens is 300 g/mol. The van der Waals surface area contributed by atoms with Crippen molar-refractivity contribution in [2.45, 2.75) is 33.2 Å². The van der Waals surface area contributed by atoms with Gasteiger partial charge in [0.2, 0.25) is 11.8 Å². The summed E-state index contributed by atoms with van der Waals surface area (Å²) >= 11 is 0. The number of hydrogen-bond acceptors (Lipinski definition) is 4. The molecule has 7 nitrogen and oxygen atoms in total. The largest absolute Gasteiger partial charge is 0.481 e. The van der Waals surface area contributed by atoms with Crippen LogP contribution in [0.15, 0.2) is 22.8 Å². The Morgan fingerprint density at radius 2 is 2.22 bits per heavy atom. The third-order valence-corrected chi connectivity index (χ3v) is 4.14. The van der Waals surface area contributed by atoms with E-state index in [9.17, 15) is 14.4 Å². The summed E-state index contributed by atoms with van der Waals surface area (Å²) in [5, 5.41) is 11.8. The van der Waals surface area contributed by atoms with Crippen molar-refractivity contribution in [2.75, 3.05) is 13.1 Å². The van der Waals surface area contributed by atoms with Gasteiger partial charge in [-0.05, 0) is 32.4 Å². The lowest BCUT2D eigenvalue weighted by Gasteiger charge is -2.19. The molecule has 0 spiro atoms. The molecule has 1 saturated heterocycles. The number of nitrogens with zero attached hydrogens (tertiary/aromatic N) is 1. The van der Waals surface area contributed by atoms with Crippen molar-refractivity contribution in [1.29, 1.82) is 0 Å². The van der Waals surface area contributed by atoms with Crippen molar-refractivity contribution >= 4 is 17.8 Å². The molecule has 0 aromatic carbocycles. The van der Waals surface area contributed by atoms with Crippen molar-refractivity contribution in [3.8, 4) is 0 Å². The number of rotatable bonds is 7. The van der Waals surface area contributed by atoms with E-state index in [1.165, 1.54) is 0 Å². The summed E-state index contributed by atoms with van der Waals surface area (Å²) in [6, 6.07) is 3.54. The van der Waals surface area contributed by atoms with E-state index in [0.29, 0.717) is 25.3 Å². The van der Waals surface area contributed by atoms with Gasteiger partial charge in [0.1, 0.15) is 5.76 Å². The lowest BCUT2D eigenvalue weighted by molar-refractivity contribution is -0.147. The Bertz CT molecular complexity index is 579. The number of carbonyl (C=O) groups excluding carboxylic acids is 2. The average molecular weight is 322 g/mol. The maximum atomic E-state index is 12.1. The molecule has 1 aliphatic heterocycles. The number of furan rings is 1. The molecule has 2 heterocycles. The number of carbonyl (C=O) groups is 3. The lowest BCUT2D eigenvalue weighted by Crippen LogP contribution is -2.36. The molecule has 0 bridgehead atoms. The fourth-order valence-electron chi connectivity index (χ4n) is 2.44. The second-order valence-electron chi connectivity index (χ2n) is 6.48. The third-order valence-electron chi connectivity index (χ3n) is 4.14. The molecule has 2 amide bonds. The number of carboxylic acid groups (broad SMARTS) is 1. The Morgan fingerprint density at radius 1 is 1.48 bits per heavy atom. The number of likely N-dealkylation sites (tertiary alicyclic amines) is 1. The molecule has 0 saturated carbocycles. The molecular formula is C16H22N2O5. The zero-order valence-electron chi connectivity index (χ0n) is 13.4. The maximum Gasteiger partial charge on any atom is 0.309 e. The third kappa shape index (κ3) is 4.34. The predicted octanol–water partition coefficient (Wildman–Crippen LogP) is 1.25. The molecule has 2 N–H and O–H groups in total. The summed E-state index contributed by atoms with van der Waals surface area (Å²) in [4.78, 5) is 36.7. The number of hydrogen-bond donors (Lipinski definition) is 2. The smallest absolute Gasteiger partial charge is 0.309 e. The first-order chi connectivity index (χ1) is 10.8. The van der Waals surface area contributed by atoms with Gasteiger partial charge in [-0.15, -0.1) is 0 Å². The van der Waals surface area contributed by atoms with Crippen LogP contribution in [0.5, 0.6) is 0 Å². The summed E-state index contributed by atoms with van der Waals surface area (Å²) in [7, 11) is 0. The SMILES string of the molecule is CC(C)(CCNC(=O)C1CC(=O)N(Cc2ccco2)C1)C(=O)O. The van der Waals surface area contributed by atoms with Crippen LogP contribution in [-0.2, 0) is 20.9 Å². The summed E-state index contributed by atoms with van der Waals surface area (Å²) in [6.45, 7) is 4.23. The molecule has 1 unspecified atom stereocenters. The van der Waals surface area contributed by atoms with E-state index >= 15 is 0 Å². The number of aliphatic carboxylic acids is 1. The minimum absolute atomic E-state index is 0.0765. The highest BCUT2D eigenvalue weighted by atomic mass is 16.4. The molecule has 2 rings (SSSR count). The molecule has 1 fully saturated rings. The summed E-state index contributed by atoms with van der Waals surface area (Å²) in [5.74, 6) is -0.894. The zero-order valence-corrected chi connectivity index (χ0v) is 13.4. The number of nitrogens with one attached hydrogen (secondary N) is 1. The van der Waals surface area contributed by atoms with E-state index in [1.54, 1.807) is 37.1 Å². The Balaban J connectivity index is 1.80. The van der Waals surface area contributed by atoms with Crippen molar-refractivity contribution in [3.05, 3.63) is 24.2 Å². The Morgan fingerprint density at radius 3 is 2.83 bits per heavy atom. The van der Waals surface area contributed by atoms with Crippen molar-refractivity contribution < 1.29 is 23.9 Å². The first-order valence-corrected chi connectivity index (χ1v) is 7.61. The first-order valence-electron chi connectivity index (χ1n) is 7.61. The molecule has 1 aliphatic rings. The number of carboxylic acids is 1. The van der Waals surface area contributed by atoms with E-state index in [2.05, 4.69) is 5.32 Å². The van der Waals surface area contributed by atoms with Gasteiger partial charge in [0, 0.05) is 19.5 Å². The molecule has 1 aromatic rings. The molecule has 1 atom stereocenters. The van der Waals surface area contributed by atoms with Crippen LogP contribution >= 0.6 is 0 Å². The van der Waals surface area contributed by atoms with Crippen molar-refractivity contribution in [1.82, 2.24) is 10.2 Å². The van der Waals surface area contributed by atoms with Gasteiger partial charge in [-0.1, -0.05) is 0 Å². The van der Waals surface area contributed by atoms with Crippen LogP contribution in [0.4, 0.5) is 0 Å². The fourth-order valence-corrected chi connectivity index (χ4v) is 2.44. The molecule has 23 heavy (non-hydrogen) atoms. The van der Waals surface area contributed by atoms with Gasteiger partial charge >= 0.3 is 5.97 Å². The van der Waals surface area contributed by atoms with Gasteiger partial charge in [0.15, 0.2) is 0 Å². The van der Waals surface area contributed by atoms with E-state index in [1.807, 2.05) is 0 Å². The van der Waals surface area contributed by atoms with Gasteiger partial charge in [-0.2, -0.15) is 0 Å². The molecule has 0 aliphatic carbocycles. The number of amides is 2. The first kappa shape index (κ1) is 17.1. The maximum absolute atomic E-state index is 12.1. The fraction of sp³-hybridized carbons (Fsp3) is 0.562. The summed E-state index contributed by atoms with van der Waals surface area (Å²) < 4.78 is 5.21. The normalized spacial score (nSPS) is 18.3. The Labute approximate surface area is 134 Å². The van der Waals surface area contributed by atoms with E-state index in [0.717, 1.165) is 0 Å². The standard InChI is InChI=1S/C16H22N2O5/c1-16(2,15(21)22)5-6-17-14(20)11-8-13(19)18(9-11)10-12-4-3-7-23-12/h3-4,7,11H,5-6,8-10H2,1-2H3,(H,17,20)(H,21,22). The second-order valence-corrected chi connectivity index (χ2v) is 6.48. The summed E-state index contributed by atoms with van der Waals surface area (Å²) in [6.07, 6.45) is 2.06. The topological polar surface area (TPSA) is 99.9 Å². The van der Waals surface area contributed by atoms with Gasteiger partial charge in [-0.3, -0.25) is 14.4 Å². The highest BCUT2D eigenvalue weighted by Gasteiger charge is 2.35. The lowest BCUT2D eigenvalue weighted by atomic mass is 9.89.